The summed E-state index contributed by atoms with van der Waals surface area (Å²) in [4.78, 5) is 0. The molecule has 0 aliphatic carbocycles. The normalized spacial score (nSPS) is 9.50. The summed E-state index contributed by atoms with van der Waals surface area (Å²) in [6.45, 7) is 7.19. The first-order valence-corrected chi connectivity index (χ1v) is 4.61. The SMILES string of the molecule is C=C[Si]/C=C/[Si]C=C. The summed E-state index contributed by atoms with van der Waals surface area (Å²) in [5.41, 5.74) is 8.05. The highest BCUT2D eigenvalue weighted by Gasteiger charge is 1.69. The lowest BCUT2D eigenvalue weighted by atomic mass is 11.2. The van der Waals surface area contributed by atoms with E-state index in [0.717, 1.165) is 19.0 Å². The van der Waals surface area contributed by atoms with Crippen LogP contribution in [0.2, 0.25) is 0 Å². The molecule has 0 N–H and O–H groups in total. The van der Waals surface area contributed by atoms with Crippen LogP contribution in [0.1, 0.15) is 0 Å². The van der Waals surface area contributed by atoms with Crippen molar-refractivity contribution in [2.45, 2.75) is 0 Å². The van der Waals surface area contributed by atoms with Crippen molar-refractivity contribution in [2.75, 3.05) is 0 Å². The van der Waals surface area contributed by atoms with E-state index in [1.807, 2.05) is 11.4 Å². The van der Waals surface area contributed by atoms with Crippen LogP contribution in [0.3, 0.4) is 0 Å². The van der Waals surface area contributed by atoms with Crippen LogP contribution in [0, 0.1) is 0 Å². The number of rotatable bonds is 4. The molecule has 0 bridgehead atoms. The van der Waals surface area contributed by atoms with Gasteiger partial charge in [-0.15, -0.1) is 36.0 Å². The fraction of sp³-hybridized carbons (Fsp3) is 0. The van der Waals surface area contributed by atoms with Gasteiger partial charge in [0.1, 0.15) is 0 Å². The van der Waals surface area contributed by atoms with Crippen LogP contribution in [-0.2, 0) is 0 Å². The van der Waals surface area contributed by atoms with Crippen LogP contribution in [0.5, 0.6) is 0 Å². The highest BCUT2D eigenvalue weighted by molar-refractivity contribution is 6.54. The van der Waals surface area contributed by atoms with Gasteiger partial charge in [-0.2, -0.15) is 0 Å². The Hall–Kier alpha value is -0.346. The van der Waals surface area contributed by atoms with Crippen molar-refractivity contribution in [3.63, 3.8) is 0 Å². The average Bonchev–Trinajstić information content (AvgIpc) is 1.81. The van der Waals surface area contributed by atoms with E-state index in [9.17, 15) is 0 Å². The first-order chi connectivity index (χ1) is 3.91. The second-order valence-electron chi connectivity index (χ2n) is 1.07. The van der Waals surface area contributed by atoms with Gasteiger partial charge in [0.05, 0.1) is 19.0 Å². The maximum absolute atomic E-state index is 3.60. The molecule has 0 nitrogen and oxygen atoms in total. The molecule has 0 aromatic rings. The molecule has 0 aliphatic heterocycles. The van der Waals surface area contributed by atoms with Crippen molar-refractivity contribution >= 4 is 19.0 Å². The zero-order valence-electron chi connectivity index (χ0n) is 4.72. The van der Waals surface area contributed by atoms with Gasteiger partial charge in [0, 0.05) is 0 Å². The largest absolute Gasteiger partial charge is 0.107 e. The van der Waals surface area contributed by atoms with Crippen LogP contribution in [0.25, 0.3) is 0 Å². The van der Waals surface area contributed by atoms with E-state index in [1.165, 1.54) is 0 Å². The Balaban J connectivity index is 3.06. The lowest BCUT2D eigenvalue weighted by molar-refractivity contribution is 2.33. The van der Waals surface area contributed by atoms with Gasteiger partial charge in [0.2, 0.25) is 0 Å². The molecule has 0 fully saturated rings. The molecule has 0 aromatic carbocycles. The van der Waals surface area contributed by atoms with E-state index < -0.39 is 0 Å². The number of hydrogen-bond acceptors (Lipinski definition) is 0. The molecule has 40 valence electrons. The molecule has 0 rings (SSSR count). The van der Waals surface area contributed by atoms with Crippen LogP contribution in [0.4, 0.5) is 0 Å². The Bertz CT molecular complexity index is 82.7. The Morgan fingerprint density at radius 3 is 1.50 bits per heavy atom. The van der Waals surface area contributed by atoms with Gasteiger partial charge in [-0.25, -0.2) is 0 Å². The summed E-state index contributed by atoms with van der Waals surface area (Å²) in [6.07, 6.45) is 0. The standard InChI is InChI=1S/C6H8Si2/c1-3-7-5-6-8-4-2/h3-6H,1-2H2/b6-5+. The molecule has 0 atom stereocenters. The van der Waals surface area contributed by atoms with E-state index in [2.05, 4.69) is 24.6 Å². The van der Waals surface area contributed by atoms with E-state index in [0.29, 0.717) is 0 Å². The minimum Gasteiger partial charge on any atom is -0.107 e. The quantitative estimate of drug-likeness (QED) is 0.509. The van der Waals surface area contributed by atoms with Crippen molar-refractivity contribution in [2.24, 2.45) is 0 Å². The molecule has 4 radical (unpaired) electrons. The van der Waals surface area contributed by atoms with Gasteiger partial charge >= 0.3 is 0 Å². The lowest BCUT2D eigenvalue weighted by Crippen LogP contribution is -1.78. The molecule has 0 aromatic heterocycles. The van der Waals surface area contributed by atoms with Gasteiger partial charge in [-0.1, -0.05) is 0 Å². The first kappa shape index (κ1) is 7.65. The van der Waals surface area contributed by atoms with E-state index >= 15 is 0 Å². The highest BCUT2D eigenvalue weighted by Crippen LogP contribution is 1.68. The predicted octanol–water partition coefficient (Wildman–Crippen LogP) is 1.15. The molecule has 0 spiro atoms. The molecule has 0 amide bonds. The highest BCUT2D eigenvalue weighted by atomic mass is 28.2. The zero-order valence-corrected chi connectivity index (χ0v) is 6.72. The van der Waals surface area contributed by atoms with Gasteiger partial charge in [0.15, 0.2) is 0 Å². The molecule has 0 aliphatic rings. The second kappa shape index (κ2) is 6.65. The molecule has 2 heteroatoms. The minimum absolute atomic E-state index is 0.767. The fourth-order valence-electron chi connectivity index (χ4n) is 0.232. The molecule has 0 heterocycles. The molecule has 0 saturated heterocycles. The summed E-state index contributed by atoms with van der Waals surface area (Å²) in [5.74, 6) is 0. The maximum atomic E-state index is 3.60. The summed E-state index contributed by atoms with van der Waals surface area (Å²) < 4.78 is 0. The Labute approximate surface area is 55.6 Å². The van der Waals surface area contributed by atoms with Crippen LogP contribution >= 0.6 is 0 Å². The van der Waals surface area contributed by atoms with E-state index in [-0.39, 0.29) is 0 Å². The van der Waals surface area contributed by atoms with Crippen molar-refractivity contribution in [1.29, 1.82) is 0 Å². The number of hydrogen-bond donors (Lipinski definition) is 0. The first-order valence-electron chi connectivity index (χ1n) is 2.30. The second-order valence-corrected chi connectivity index (χ2v) is 3.22. The van der Waals surface area contributed by atoms with Gasteiger partial charge in [-0.3, -0.25) is 0 Å². The third kappa shape index (κ3) is 5.65. The lowest BCUT2D eigenvalue weighted by Gasteiger charge is -1.73. The monoisotopic (exact) mass is 136 g/mol. The van der Waals surface area contributed by atoms with E-state index in [1.54, 1.807) is 0 Å². The molecular weight excluding hydrogens is 128 g/mol. The van der Waals surface area contributed by atoms with E-state index in [4.69, 9.17) is 0 Å². The van der Waals surface area contributed by atoms with Gasteiger partial charge in [0.25, 0.3) is 0 Å². The van der Waals surface area contributed by atoms with Crippen molar-refractivity contribution < 1.29 is 0 Å². The molecule has 8 heavy (non-hydrogen) atoms. The van der Waals surface area contributed by atoms with Crippen molar-refractivity contribution in [3.05, 3.63) is 36.0 Å². The maximum Gasteiger partial charge on any atom is 0.0996 e. The Kier molecular flexibility index (Phi) is 6.37. The third-order valence-electron chi connectivity index (χ3n) is 0.511. The molecular formula is C6H8Si2. The summed E-state index contributed by atoms with van der Waals surface area (Å²) in [5, 5.41) is 0. The van der Waals surface area contributed by atoms with Crippen LogP contribution in [-0.4, -0.2) is 19.0 Å². The summed E-state index contributed by atoms with van der Waals surface area (Å²) >= 11 is 0. The summed E-state index contributed by atoms with van der Waals surface area (Å²) in [7, 11) is 1.53. The summed E-state index contributed by atoms with van der Waals surface area (Å²) in [6, 6.07) is 0. The van der Waals surface area contributed by atoms with Gasteiger partial charge < -0.3 is 0 Å². The fourth-order valence-corrected chi connectivity index (χ4v) is 1.27. The average molecular weight is 136 g/mol. The Morgan fingerprint density at radius 2 is 1.25 bits per heavy atom. The van der Waals surface area contributed by atoms with Crippen LogP contribution in [0.15, 0.2) is 36.0 Å². The smallest absolute Gasteiger partial charge is 0.0996 e. The van der Waals surface area contributed by atoms with Crippen molar-refractivity contribution in [3.8, 4) is 0 Å². The molecule has 0 unspecified atom stereocenters. The Morgan fingerprint density at radius 1 is 0.875 bits per heavy atom. The predicted molar refractivity (Wildman–Crippen MR) is 41.0 cm³/mol. The van der Waals surface area contributed by atoms with Crippen LogP contribution < -0.4 is 0 Å². The van der Waals surface area contributed by atoms with Gasteiger partial charge in [-0.05, 0) is 0 Å². The minimum atomic E-state index is 0.767. The van der Waals surface area contributed by atoms with Crippen molar-refractivity contribution in [1.82, 2.24) is 0 Å². The topological polar surface area (TPSA) is 0 Å². The molecule has 0 saturated carbocycles. The zero-order chi connectivity index (χ0) is 6.24. The third-order valence-corrected chi connectivity index (χ3v) is 2.03.